The minimum atomic E-state index is -0.407. The smallest absolute Gasteiger partial charge is 0.320 e. The van der Waals surface area contributed by atoms with Crippen molar-refractivity contribution in [3.05, 3.63) is 12.3 Å². The average molecular weight is 254 g/mol. The van der Waals surface area contributed by atoms with E-state index in [4.69, 9.17) is 5.11 Å². The Morgan fingerprint density at radius 1 is 1.56 bits per heavy atom. The van der Waals surface area contributed by atoms with Gasteiger partial charge in [-0.1, -0.05) is 6.92 Å². The van der Waals surface area contributed by atoms with Crippen LogP contribution in [0.2, 0.25) is 0 Å². The van der Waals surface area contributed by atoms with Crippen LogP contribution in [0, 0.1) is 0 Å². The Bertz CT molecular complexity index is 376. The van der Waals surface area contributed by atoms with Crippen molar-refractivity contribution in [3.8, 4) is 0 Å². The van der Waals surface area contributed by atoms with Gasteiger partial charge in [-0.15, -0.1) is 0 Å². The summed E-state index contributed by atoms with van der Waals surface area (Å²) in [4.78, 5) is 11.6. The molecular formula is C12H22N4O2. The van der Waals surface area contributed by atoms with Crippen LogP contribution in [0.4, 0.5) is 10.6 Å². The molecule has 0 radical (unpaired) electrons. The van der Waals surface area contributed by atoms with Crippen LogP contribution in [0.15, 0.2) is 12.3 Å². The fourth-order valence-electron chi connectivity index (χ4n) is 1.49. The van der Waals surface area contributed by atoms with Gasteiger partial charge in [0.2, 0.25) is 0 Å². The number of urea groups is 1. The maximum Gasteiger partial charge on any atom is 0.320 e. The second kappa shape index (κ2) is 7.00. The molecule has 1 aromatic rings. The Morgan fingerprint density at radius 2 is 2.28 bits per heavy atom. The van der Waals surface area contributed by atoms with Crippen molar-refractivity contribution >= 4 is 11.8 Å². The predicted molar refractivity (Wildman–Crippen MR) is 70.5 cm³/mol. The van der Waals surface area contributed by atoms with Gasteiger partial charge in [-0.05, 0) is 26.7 Å². The first-order valence-electron chi connectivity index (χ1n) is 6.31. The molecule has 0 saturated carbocycles. The highest BCUT2D eigenvalue weighted by Gasteiger charge is 2.10. The first kappa shape index (κ1) is 14.5. The molecule has 2 atom stereocenters. The number of amides is 2. The fraction of sp³-hybridized carbons (Fsp3) is 0.667. The van der Waals surface area contributed by atoms with Gasteiger partial charge < -0.3 is 10.4 Å². The zero-order valence-electron chi connectivity index (χ0n) is 11.2. The monoisotopic (exact) mass is 254 g/mol. The fourth-order valence-corrected chi connectivity index (χ4v) is 1.49. The number of hydrogen-bond acceptors (Lipinski definition) is 3. The van der Waals surface area contributed by atoms with Crippen LogP contribution in [-0.4, -0.2) is 33.6 Å². The van der Waals surface area contributed by atoms with Gasteiger partial charge in [0.15, 0.2) is 0 Å². The predicted octanol–water partition coefficient (Wildman–Crippen LogP) is 1.75. The number of carbonyl (C=O) groups excluding carboxylic acids is 1. The van der Waals surface area contributed by atoms with E-state index in [1.165, 1.54) is 0 Å². The number of aliphatic hydroxyl groups is 1. The van der Waals surface area contributed by atoms with Crippen molar-refractivity contribution < 1.29 is 9.90 Å². The lowest BCUT2D eigenvalue weighted by Crippen LogP contribution is -2.32. The first-order valence-corrected chi connectivity index (χ1v) is 6.31. The van der Waals surface area contributed by atoms with Crippen molar-refractivity contribution in [2.75, 3.05) is 11.9 Å². The summed E-state index contributed by atoms with van der Waals surface area (Å²) in [5, 5.41) is 18.7. The maximum absolute atomic E-state index is 11.6. The molecule has 1 rings (SSSR count). The minimum absolute atomic E-state index is 0.243. The molecule has 102 valence electrons. The van der Waals surface area contributed by atoms with Gasteiger partial charge in [0.05, 0.1) is 18.3 Å². The van der Waals surface area contributed by atoms with Crippen LogP contribution in [-0.2, 0) is 0 Å². The van der Waals surface area contributed by atoms with Crippen LogP contribution in [0.3, 0.4) is 0 Å². The second-order valence-corrected chi connectivity index (χ2v) is 4.44. The maximum atomic E-state index is 11.6. The standard InChI is InChI=1S/C12H22N4O2/c1-4-9(2)16-11(6-8-14-16)15-12(18)13-7-5-10(3)17/h6,8-10,17H,4-5,7H2,1-3H3,(H2,13,15,18). The summed E-state index contributed by atoms with van der Waals surface area (Å²) in [5.74, 6) is 0.680. The van der Waals surface area contributed by atoms with Crippen LogP contribution in [0.1, 0.15) is 39.7 Å². The van der Waals surface area contributed by atoms with E-state index in [9.17, 15) is 4.79 Å². The summed E-state index contributed by atoms with van der Waals surface area (Å²) in [7, 11) is 0. The van der Waals surface area contributed by atoms with Crippen molar-refractivity contribution in [2.24, 2.45) is 0 Å². The van der Waals surface area contributed by atoms with Crippen molar-refractivity contribution in [3.63, 3.8) is 0 Å². The quantitative estimate of drug-likeness (QED) is 0.723. The molecule has 6 heteroatoms. The molecule has 1 aromatic heterocycles. The van der Waals surface area contributed by atoms with Crippen molar-refractivity contribution in [2.45, 2.75) is 45.8 Å². The van der Waals surface area contributed by atoms with E-state index in [1.807, 2.05) is 6.92 Å². The molecule has 6 nitrogen and oxygen atoms in total. The molecule has 0 aromatic carbocycles. The lowest BCUT2D eigenvalue weighted by atomic mass is 10.3. The van der Waals surface area contributed by atoms with Gasteiger partial charge >= 0.3 is 6.03 Å². The van der Waals surface area contributed by atoms with E-state index < -0.39 is 6.10 Å². The molecule has 2 unspecified atom stereocenters. The molecular weight excluding hydrogens is 232 g/mol. The third-order valence-corrected chi connectivity index (χ3v) is 2.77. The van der Waals surface area contributed by atoms with E-state index in [2.05, 4.69) is 22.7 Å². The van der Waals surface area contributed by atoms with Crippen LogP contribution in [0.5, 0.6) is 0 Å². The summed E-state index contributed by atoms with van der Waals surface area (Å²) in [6.07, 6.45) is 2.74. The summed E-state index contributed by atoms with van der Waals surface area (Å²) in [6, 6.07) is 1.73. The van der Waals surface area contributed by atoms with Crippen molar-refractivity contribution in [1.29, 1.82) is 0 Å². The number of carbonyl (C=O) groups is 1. The van der Waals surface area contributed by atoms with Gasteiger partial charge in [0, 0.05) is 12.6 Å². The van der Waals surface area contributed by atoms with Gasteiger partial charge in [-0.2, -0.15) is 5.10 Å². The minimum Gasteiger partial charge on any atom is -0.393 e. The number of nitrogens with zero attached hydrogens (tertiary/aromatic N) is 2. The zero-order chi connectivity index (χ0) is 13.5. The Hall–Kier alpha value is -1.56. The Kier molecular flexibility index (Phi) is 5.64. The molecule has 0 bridgehead atoms. The molecule has 0 aliphatic heterocycles. The third kappa shape index (κ3) is 4.37. The van der Waals surface area contributed by atoms with Gasteiger partial charge in [-0.25, -0.2) is 9.48 Å². The average Bonchev–Trinajstić information content (AvgIpc) is 2.75. The molecule has 0 aliphatic carbocycles. The van der Waals surface area contributed by atoms with Gasteiger partial charge in [-0.3, -0.25) is 5.32 Å². The topological polar surface area (TPSA) is 79.2 Å². The number of anilines is 1. The number of aliphatic hydroxyl groups excluding tert-OH is 1. The number of rotatable bonds is 6. The Morgan fingerprint density at radius 3 is 2.89 bits per heavy atom. The molecule has 0 saturated heterocycles. The highest BCUT2D eigenvalue weighted by atomic mass is 16.3. The summed E-state index contributed by atoms with van der Waals surface area (Å²) >= 11 is 0. The van der Waals surface area contributed by atoms with E-state index in [0.717, 1.165) is 6.42 Å². The lowest BCUT2D eigenvalue weighted by Gasteiger charge is -2.14. The van der Waals surface area contributed by atoms with Crippen LogP contribution < -0.4 is 10.6 Å². The molecule has 0 fully saturated rings. The number of hydrogen-bond donors (Lipinski definition) is 3. The summed E-state index contributed by atoms with van der Waals surface area (Å²) < 4.78 is 1.79. The van der Waals surface area contributed by atoms with Crippen LogP contribution >= 0.6 is 0 Å². The van der Waals surface area contributed by atoms with E-state index in [1.54, 1.807) is 23.9 Å². The Balaban J connectivity index is 2.47. The normalized spacial score (nSPS) is 14.0. The van der Waals surface area contributed by atoms with Crippen LogP contribution in [0.25, 0.3) is 0 Å². The van der Waals surface area contributed by atoms with E-state index in [0.29, 0.717) is 18.8 Å². The number of nitrogens with one attached hydrogen (secondary N) is 2. The third-order valence-electron chi connectivity index (χ3n) is 2.77. The first-order chi connectivity index (χ1) is 8.54. The molecule has 0 aliphatic rings. The van der Waals surface area contributed by atoms with Gasteiger partial charge in [0.25, 0.3) is 0 Å². The largest absolute Gasteiger partial charge is 0.393 e. The Labute approximate surface area is 107 Å². The lowest BCUT2D eigenvalue weighted by molar-refractivity contribution is 0.184. The van der Waals surface area contributed by atoms with E-state index in [-0.39, 0.29) is 12.1 Å². The van der Waals surface area contributed by atoms with E-state index >= 15 is 0 Å². The highest BCUT2D eigenvalue weighted by molar-refractivity contribution is 5.88. The molecule has 2 amide bonds. The summed E-state index contributed by atoms with van der Waals surface area (Å²) in [6.45, 7) is 6.25. The van der Waals surface area contributed by atoms with Crippen molar-refractivity contribution in [1.82, 2.24) is 15.1 Å². The SMILES string of the molecule is CCC(C)n1nccc1NC(=O)NCCC(C)O. The number of aromatic nitrogens is 2. The van der Waals surface area contributed by atoms with Gasteiger partial charge in [0.1, 0.15) is 5.82 Å². The molecule has 1 heterocycles. The summed E-state index contributed by atoms with van der Waals surface area (Å²) in [5.41, 5.74) is 0. The molecule has 0 spiro atoms. The zero-order valence-corrected chi connectivity index (χ0v) is 11.2. The second-order valence-electron chi connectivity index (χ2n) is 4.44. The molecule has 3 N–H and O–H groups in total. The molecule has 18 heavy (non-hydrogen) atoms. The highest BCUT2D eigenvalue weighted by Crippen LogP contribution is 2.15.